The first-order valence-electron chi connectivity index (χ1n) is 11.9. The van der Waals surface area contributed by atoms with Crippen molar-refractivity contribution in [2.75, 3.05) is 0 Å². The second-order valence-electron chi connectivity index (χ2n) is 11.9. The van der Waals surface area contributed by atoms with Gasteiger partial charge in [-0.25, -0.2) is 0 Å². The van der Waals surface area contributed by atoms with Crippen molar-refractivity contribution in [3.05, 3.63) is 36.0 Å². The van der Waals surface area contributed by atoms with Crippen LogP contribution >= 0.6 is 0 Å². The van der Waals surface area contributed by atoms with Crippen LogP contribution in [0.25, 0.3) is 0 Å². The Morgan fingerprint density at radius 3 is 2.47 bits per heavy atom. The lowest BCUT2D eigenvalue weighted by atomic mass is 9.39. The van der Waals surface area contributed by atoms with Gasteiger partial charge in [0, 0.05) is 5.57 Å². The van der Waals surface area contributed by atoms with Gasteiger partial charge in [0.05, 0.1) is 0 Å². The molecule has 6 atom stereocenters. The molecule has 0 radical (unpaired) electrons. The number of hydrogen-bond acceptors (Lipinski definition) is 0. The van der Waals surface area contributed by atoms with E-state index in [0.29, 0.717) is 5.92 Å². The molecule has 4 aliphatic rings. The van der Waals surface area contributed by atoms with E-state index in [0.717, 1.165) is 32.1 Å². The minimum absolute atomic E-state index is 0.0775. The Morgan fingerprint density at radius 2 is 1.80 bits per heavy atom. The lowest BCUT2D eigenvalue weighted by molar-refractivity contribution is -0.112. The van der Waals surface area contributed by atoms with Crippen LogP contribution in [0.1, 0.15) is 91.9 Å². The van der Waals surface area contributed by atoms with Gasteiger partial charge in [-0.05, 0) is 91.3 Å². The first kappa shape index (κ1) is 22.2. The maximum absolute atomic E-state index is 13.1. The molecule has 0 N–H and O–H groups in total. The Hall–Kier alpha value is -0.990. The van der Waals surface area contributed by atoms with Crippen molar-refractivity contribution in [2.24, 2.45) is 33.5 Å². The van der Waals surface area contributed by atoms with Crippen LogP contribution in [0, 0.1) is 33.5 Å². The molecule has 0 aromatic rings. The molecule has 3 saturated carbocycles. The average molecular weight is 421 g/mol. The molecular formula is C27H39F3. The third kappa shape index (κ3) is 2.85. The van der Waals surface area contributed by atoms with Gasteiger partial charge >= 0.3 is 6.18 Å². The highest BCUT2D eigenvalue weighted by Gasteiger charge is 2.66. The predicted molar refractivity (Wildman–Crippen MR) is 118 cm³/mol. The zero-order valence-corrected chi connectivity index (χ0v) is 19.4. The standard InChI is InChI=1S/C27H39F3/c1-18-8-9-22-23(18,3)12-7-13-26(6)24(4)14-10-20(16-19(2)27(28,29)30)17-21(24)11-15-25(22,26)5/h11,20,22H,1-2,7-10,12-17H2,3-6H3. The van der Waals surface area contributed by atoms with Gasteiger partial charge in [0.2, 0.25) is 0 Å². The lowest BCUT2D eigenvalue weighted by Gasteiger charge is -2.65. The quantitative estimate of drug-likeness (QED) is 0.392. The topological polar surface area (TPSA) is 0 Å². The fourth-order valence-electron chi connectivity index (χ4n) is 8.50. The molecule has 0 saturated heterocycles. The molecule has 0 aromatic heterocycles. The molecular weight excluding hydrogens is 381 g/mol. The molecule has 0 aliphatic heterocycles. The number of halogens is 3. The van der Waals surface area contributed by atoms with E-state index in [-0.39, 0.29) is 34.0 Å². The highest BCUT2D eigenvalue weighted by atomic mass is 19.4. The molecule has 4 aliphatic carbocycles. The number of fused-ring (bicyclic) bond motifs is 5. The summed E-state index contributed by atoms with van der Waals surface area (Å²) in [4.78, 5) is 0. The summed E-state index contributed by atoms with van der Waals surface area (Å²) in [6.45, 7) is 17.8. The molecule has 4 rings (SSSR count). The second kappa shape index (κ2) is 6.75. The fraction of sp³-hybridized carbons (Fsp3) is 0.778. The number of rotatable bonds is 2. The van der Waals surface area contributed by atoms with Crippen LogP contribution in [-0.4, -0.2) is 6.18 Å². The van der Waals surface area contributed by atoms with Crippen LogP contribution in [0.4, 0.5) is 13.2 Å². The van der Waals surface area contributed by atoms with Gasteiger partial charge in [-0.1, -0.05) is 64.5 Å². The van der Waals surface area contributed by atoms with Crippen molar-refractivity contribution < 1.29 is 13.2 Å². The zero-order chi connectivity index (χ0) is 22.2. The van der Waals surface area contributed by atoms with Crippen molar-refractivity contribution in [3.63, 3.8) is 0 Å². The summed E-state index contributed by atoms with van der Waals surface area (Å²) >= 11 is 0. The number of alkyl halides is 3. The third-order valence-electron chi connectivity index (χ3n) is 10.9. The van der Waals surface area contributed by atoms with Gasteiger partial charge in [0.15, 0.2) is 0 Å². The maximum Gasteiger partial charge on any atom is 0.412 e. The van der Waals surface area contributed by atoms with Gasteiger partial charge in [0.1, 0.15) is 0 Å². The number of hydrogen-bond donors (Lipinski definition) is 0. The van der Waals surface area contributed by atoms with E-state index in [1.165, 1.54) is 36.8 Å². The molecule has 0 aromatic carbocycles. The van der Waals surface area contributed by atoms with Gasteiger partial charge in [-0.2, -0.15) is 13.2 Å². The van der Waals surface area contributed by atoms with E-state index in [2.05, 4.69) is 46.9 Å². The molecule has 168 valence electrons. The second-order valence-corrected chi connectivity index (χ2v) is 11.9. The molecule has 30 heavy (non-hydrogen) atoms. The maximum atomic E-state index is 13.1. The lowest BCUT2D eigenvalue weighted by Crippen LogP contribution is -2.57. The molecule has 0 amide bonds. The van der Waals surface area contributed by atoms with Crippen LogP contribution in [0.5, 0.6) is 0 Å². The van der Waals surface area contributed by atoms with Crippen LogP contribution in [0.15, 0.2) is 36.0 Å². The van der Waals surface area contributed by atoms with Gasteiger partial charge in [0.25, 0.3) is 0 Å². The van der Waals surface area contributed by atoms with Crippen LogP contribution < -0.4 is 0 Å². The molecule has 6 unspecified atom stereocenters. The van der Waals surface area contributed by atoms with Gasteiger partial charge in [-0.3, -0.25) is 0 Å². The summed E-state index contributed by atoms with van der Waals surface area (Å²) in [6.07, 6.45) is 8.13. The Bertz CT molecular complexity index is 788. The molecule has 0 nitrogen and oxygen atoms in total. The van der Waals surface area contributed by atoms with Gasteiger partial charge < -0.3 is 0 Å². The first-order valence-corrected chi connectivity index (χ1v) is 11.9. The van der Waals surface area contributed by atoms with E-state index in [1.54, 1.807) is 0 Å². The number of allylic oxidation sites excluding steroid dienone is 4. The van der Waals surface area contributed by atoms with E-state index in [9.17, 15) is 13.2 Å². The van der Waals surface area contributed by atoms with Crippen molar-refractivity contribution in [1.29, 1.82) is 0 Å². The average Bonchev–Trinajstić information content (AvgIpc) is 2.90. The molecule has 0 bridgehead atoms. The Morgan fingerprint density at radius 1 is 1.10 bits per heavy atom. The molecule has 3 fully saturated rings. The van der Waals surface area contributed by atoms with E-state index in [1.807, 2.05) is 0 Å². The fourth-order valence-corrected chi connectivity index (χ4v) is 8.50. The van der Waals surface area contributed by atoms with Crippen molar-refractivity contribution in [3.8, 4) is 0 Å². The Balaban J connectivity index is 1.67. The summed E-state index contributed by atoms with van der Waals surface area (Å²) in [6, 6.07) is 0. The molecule has 0 heterocycles. The smallest absolute Gasteiger partial charge is 0.167 e. The predicted octanol–water partition coefficient (Wildman–Crippen LogP) is 8.80. The van der Waals surface area contributed by atoms with E-state index in [4.69, 9.17) is 0 Å². The van der Waals surface area contributed by atoms with Crippen molar-refractivity contribution in [2.45, 2.75) is 98.1 Å². The summed E-state index contributed by atoms with van der Waals surface area (Å²) in [5.74, 6) is 0.732. The molecule has 0 spiro atoms. The monoisotopic (exact) mass is 420 g/mol. The largest absolute Gasteiger partial charge is 0.412 e. The summed E-state index contributed by atoms with van der Waals surface area (Å²) in [5, 5.41) is 0. The highest BCUT2D eigenvalue weighted by Crippen LogP contribution is 2.74. The Labute approximate surface area is 181 Å². The third-order valence-corrected chi connectivity index (χ3v) is 10.9. The Kier molecular flexibility index (Phi) is 5.00. The minimum Gasteiger partial charge on any atom is -0.167 e. The highest BCUT2D eigenvalue weighted by molar-refractivity contribution is 5.33. The van der Waals surface area contributed by atoms with Crippen LogP contribution in [0.2, 0.25) is 0 Å². The minimum atomic E-state index is -4.26. The molecule has 3 heteroatoms. The summed E-state index contributed by atoms with van der Waals surface area (Å²) in [5.41, 5.74) is 3.07. The summed E-state index contributed by atoms with van der Waals surface area (Å²) < 4.78 is 39.2. The van der Waals surface area contributed by atoms with Crippen molar-refractivity contribution in [1.82, 2.24) is 0 Å². The van der Waals surface area contributed by atoms with E-state index < -0.39 is 11.7 Å². The van der Waals surface area contributed by atoms with Crippen LogP contribution in [0.3, 0.4) is 0 Å². The normalized spacial score (nSPS) is 46.4. The summed E-state index contributed by atoms with van der Waals surface area (Å²) in [7, 11) is 0. The van der Waals surface area contributed by atoms with Crippen molar-refractivity contribution >= 4 is 0 Å². The first-order chi connectivity index (χ1) is 13.8. The van der Waals surface area contributed by atoms with E-state index >= 15 is 0 Å². The zero-order valence-electron chi connectivity index (χ0n) is 19.4. The SMILES string of the molecule is C=C(CC1CCC2(C)C(=CCC3(C)C4CCC(=C)C4(C)CCCC23C)C1)C(F)(F)F. The van der Waals surface area contributed by atoms with Gasteiger partial charge in [-0.15, -0.1) is 0 Å². The van der Waals surface area contributed by atoms with Crippen LogP contribution in [-0.2, 0) is 0 Å².